The highest BCUT2D eigenvalue weighted by Gasteiger charge is 2.17. The minimum Gasteiger partial charge on any atom is -0.481 e. The van der Waals surface area contributed by atoms with Crippen LogP contribution in [0.2, 0.25) is 5.02 Å². The molecule has 0 fully saturated rings. The molecule has 0 heterocycles. The van der Waals surface area contributed by atoms with Crippen molar-refractivity contribution in [3.05, 3.63) is 34.9 Å². The molecule has 0 aliphatic rings. The molecule has 0 saturated heterocycles. The van der Waals surface area contributed by atoms with E-state index in [0.29, 0.717) is 18.0 Å². The van der Waals surface area contributed by atoms with E-state index in [9.17, 15) is 9.59 Å². The summed E-state index contributed by atoms with van der Waals surface area (Å²) >= 11 is 5.81. The zero-order chi connectivity index (χ0) is 15.8. The Labute approximate surface area is 129 Å². The van der Waals surface area contributed by atoms with Crippen molar-refractivity contribution in [3.8, 4) is 0 Å². The Morgan fingerprint density at radius 3 is 2.43 bits per heavy atom. The molecule has 5 nitrogen and oxygen atoms in total. The second-order valence-corrected chi connectivity index (χ2v) is 5.48. The first kappa shape index (κ1) is 17.3. The van der Waals surface area contributed by atoms with Gasteiger partial charge in [0.15, 0.2) is 0 Å². The molecule has 2 N–H and O–H groups in total. The molecule has 1 rings (SSSR count). The van der Waals surface area contributed by atoms with Gasteiger partial charge in [0.05, 0.1) is 6.42 Å². The van der Waals surface area contributed by atoms with Crippen LogP contribution in [-0.2, 0) is 11.2 Å². The largest absolute Gasteiger partial charge is 0.481 e. The number of carboxylic acids is 1. The number of benzene rings is 1. The predicted octanol–water partition coefficient (Wildman–Crippen LogP) is 2.78. The van der Waals surface area contributed by atoms with E-state index in [0.717, 1.165) is 5.56 Å². The predicted molar refractivity (Wildman–Crippen MR) is 82.6 cm³/mol. The molecule has 0 bridgehead atoms. The highest BCUT2D eigenvalue weighted by atomic mass is 35.5. The van der Waals surface area contributed by atoms with Gasteiger partial charge < -0.3 is 15.3 Å². The van der Waals surface area contributed by atoms with Crippen molar-refractivity contribution >= 4 is 23.6 Å². The fourth-order valence-electron chi connectivity index (χ4n) is 1.88. The second kappa shape index (κ2) is 8.52. The quantitative estimate of drug-likeness (QED) is 0.813. The summed E-state index contributed by atoms with van der Waals surface area (Å²) in [6.45, 7) is 4.43. The van der Waals surface area contributed by atoms with Crippen molar-refractivity contribution in [2.24, 2.45) is 0 Å². The Morgan fingerprint density at radius 1 is 1.29 bits per heavy atom. The molecule has 0 atom stereocenters. The van der Waals surface area contributed by atoms with Gasteiger partial charge in [-0.05, 0) is 38.0 Å². The highest BCUT2D eigenvalue weighted by Crippen LogP contribution is 2.09. The third-order valence-electron chi connectivity index (χ3n) is 3.05. The summed E-state index contributed by atoms with van der Waals surface area (Å²) in [6.07, 6.45) is 0.649. The Morgan fingerprint density at radius 2 is 1.90 bits per heavy atom. The lowest BCUT2D eigenvalue weighted by molar-refractivity contribution is -0.137. The normalized spacial score (nSPS) is 10.5. The van der Waals surface area contributed by atoms with Crippen LogP contribution >= 0.6 is 11.6 Å². The number of halogens is 1. The Balaban J connectivity index is 2.42. The number of rotatable bonds is 7. The monoisotopic (exact) mass is 312 g/mol. The van der Waals surface area contributed by atoms with Crippen LogP contribution in [0.15, 0.2) is 24.3 Å². The minimum absolute atomic E-state index is 0.0418. The third kappa shape index (κ3) is 6.49. The molecule has 0 spiro atoms. The molecule has 21 heavy (non-hydrogen) atoms. The molecule has 0 radical (unpaired) electrons. The number of amides is 2. The van der Waals surface area contributed by atoms with Gasteiger partial charge in [-0.2, -0.15) is 0 Å². The summed E-state index contributed by atoms with van der Waals surface area (Å²) in [4.78, 5) is 24.2. The van der Waals surface area contributed by atoms with E-state index in [1.165, 1.54) is 4.90 Å². The SMILES string of the molecule is CC(C)N(CCC(=O)O)C(=O)NCCc1ccc(Cl)cc1. The van der Waals surface area contributed by atoms with Crippen LogP contribution in [0.3, 0.4) is 0 Å². The number of nitrogens with zero attached hydrogens (tertiary/aromatic N) is 1. The lowest BCUT2D eigenvalue weighted by Crippen LogP contribution is -2.45. The van der Waals surface area contributed by atoms with Crippen molar-refractivity contribution < 1.29 is 14.7 Å². The van der Waals surface area contributed by atoms with Crippen molar-refractivity contribution in [1.29, 1.82) is 0 Å². The van der Waals surface area contributed by atoms with Crippen LogP contribution < -0.4 is 5.32 Å². The number of hydrogen-bond donors (Lipinski definition) is 2. The first-order chi connectivity index (χ1) is 9.90. The maximum atomic E-state index is 12.0. The fraction of sp³-hybridized carbons (Fsp3) is 0.467. The average molecular weight is 313 g/mol. The first-order valence-corrected chi connectivity index (χ1v) is 7.28. The van der Waals surface area contributed by atoms with E-state index in [4.69, 9.17) is 16.7 Å². The smallest absolute Gasteiger partial charge is 0.317 e. The molecule has 0 aliphatic carbocycles. The van der Waals surface area contributed by atoms with Crippen molar-refractivity contribution in [2.45, 2.75) is 32.7 Å². The van der Waals surface area contributed by atoms with E-state index in [1.54, 1.807) is 0 Å². The van der Waals surface area contributed by atoms with Crippen molar-refractivity contribution in [1.82, 2.24) is 10.2 Å². The standard InChI is InChI=1S/C15H21ClN2O3/c1-11(2)18(10-8-14(19)20)15(21)17-9-7-12-3-5-13(16)6-4-12/h3-6,11H,7-10H2,1-2H3,(H,17,21)(H,19,20). The minimum atomic E-state index is -0.908. The molecule has 0 saturated carbocycles. The van der Waals surface area contributed by atoms with Gasteiger partial charge in [0.1, 0.15) is 0 Å². The van der Waals surface area contributed by atoms with Crippen LogP contribution in [-0.4, -0.2) is 41.1 Å². The summed E-state index contributed by atoms with van der Waals surface area (Å²) in [5.74, 6) is -0.908. The summed E-state index contributed by atoms with van der Waals surface area (Å²) < 4.78 is 0. The molecule has 2 amide bonds. The molecule has 0 aliphatic heterocycles. The van der Waals surface area contributed by atoms with Crippen LogP contribution in [0.5, 0.6) is 0 Å². The molecule has 116 valence electrons. The lowest BCUT2D eigenvalue weighted by atomic mass is 10.1. The van der Waals surface area contributed by atoms with E-state index in [-0.39, 0.29) is 25.0 Å². The maximum Gasteiger partial charge on any atom is 0.317 e. The third-order valence-corrected chi connectivity index (χ3v) is 3.31. The molecule has 6 heteroatoms. The zero-order valence-electron chi connectivity index (χ0n) is 12.3. The van der Waals surface area contributed by atoms with E-state index in [1.807, 2.05) is 38.1 Å². The van der Waals surface area contributed by atoms with Gasteiger partial charge in [-0.25, -0.2) is 4.79 Å². The zero-order valence-corrected chi connectivity index (χ0v) is 13.1. The van der Waals surface area contributed by atoms with Crippen molar-refractivity contribution in [3.63, 3.8) is 0 Å². The van der Waals surface area contributed by atoms with Crippen molar-refractivity contribution in [2.75, 3.05) is 13.1 Å². The van der Waals surface area contributed by atoms with Gasteiger partial charge >= 0.3 is 12.0 Å². The number of carbonyl (C=O) groups excluding carboxylic acids is 1. The van der Waals surface area contributed by atoms with Crippen LogP contribution in [0.1, 0.15) is 25.8 Å². The van der Waals surface area contributed by atoms with E-state index in [2.05, 4.69) is 5.32 Å². The van der Waals surface area contributed by atoms with E-state index >= 15 is 0 Å². The Kier molecular flexibility index (Phi) is 7.02. The number of nitrogens with one attached hydrogen (secondary N) is 1. The summed E-state index contributed by atoms with van der Waals surface area (Å²) in [6, 6.07) is 7.18. The number of carboxylic acid groups (broad SMARTS) is 1. The molecular weight excluding hydrogens is 292 g/mol. The van der Waals surface area contributed by atoms with Crippen LogP contribution in [0.25, 0.3) is 0 Å². The molecule has 1 aromatic carbocycles. The molecule has 1 aromatic rings. The maximum absolute atomic E-state index is 12.0. The Bertz CT molecular complexity index is 474. The first-order valence-electron chi connectivity index (χ1n) is 6.91. The number of hydrogen-bond acceptors (Lipinski definition) is 2. The van der Waals surface area contributed by atoms with Gasteiger partial charge in [-0.3, -0.25) is 4.79 Å². The lowest BCUT2D eigenvalue weighted by Gasteiger charge is -2.26. The summed E-state index contributed by atoms with van der Waals surface area (Å²) in [7, 11) is 0. The van der Waals surface area contributed by atoms with Gasteiger partial charge in [-0.15, -0.1) is 0 Å². The summed E-state index contributed by atoms with van der Waals surface area (Å²) in [5.41, 5.74) is 1.08. The highest BCUT2D eigenvalue weighted by molar-refractivity contribution is 6.30. The van der Waals surface area contributed by atoms with Gasteiger partial charge in [0, 0.05) is 24.2 Å². The second-order valence-electron chi connectivity index (χ2n) is 5.04. The molecular formula is C15H21ClN2O3. The average Bonchev–Trinajstić information content (AvgIpc) is 2.40. The van der Waals surface area contributed by atoms with Gasteiger partial charge in [-0.1, -0.05) is 23.7 Å². The van der Waals surface area contributed by atoms with Gasteiger partial charge in [0.25, 0.3) is 0 Å². The summed E-state index contributed by atoms with van der Waals surface area (Å²) in [5, 5.41) is 12.2. The number of carbonyl (C=O) groups is 2. The van der Waals surface area contributed by atoms with Crippen LogP contribution in [0, 0.1) is 0 Å². The van der Waals surface area contributed by atoms with E-state index < -0.39 is 5.97 Å². The fourth-order valence-corrected chi connectivity index (χ4v) is 2.00. The molecule has 0 unspecified atom stereocenters. The number of urea groups is 1. The Hall–Kier alpha value is -1.75. The number of aliphatic carboxylic acids is 1. The van der Waals surface area contributed by atoms with Gasteiger partial charge in [0.2, 0.25) is 0 Å². The van der Waals surface area contributed by atoms with Crippen LogP contribution in [0.4, 0.5) is 4.79 Å². The topological polar surface area (TPSA) is 69.6 Å². The molecule has 0 aromatic heterocycles.